The Hall–Kier alpha value is -1.10. The molecule has 2 unspecified atom stereocenters. The van der Waals surface area contributed by atoms with E-state index in [4.69, 9.17) is 9.47 Å². The molecule has 1 aliphatic heterocycles. The molecule has 0 aliphatic carbocycles. The van der Waals surface area contributed by atoms with Crippen molar-refractivity contribution in [2.75, 3.05) is 38.3 Å². The van der Waals surface area contributed by atoms with Gasteiger partial charge < -0.3 is 19.5 Å². The molecule has 1 saturated heterocycles. The molecule has 1 aromatic carbocycles. The first-order chi connectivity index (χ1) is 10.1. The number of anilines is 1. The van der Waals surface area contributed by atoms with Gasteiger partial charge in [-0.05, 0) is 43.9 Å². The fourth-order valence-corrected chi connectivity index (χ4v) is 2.73. The molecule has 2 rings (SSSR count). The number of likely N-dealkylation sites (N-methyl/N-ethyl adjacent to an activating group) is 1. The van der Waals surface area contributed by atoms with Gasteiger partial charge in [0.25, 0.3) is 0 Å². The maximum atomic E-state index is 10.1. The SMILES string of the molecule is Cc1cccc(N(C)CC(O)COCC2CCCO2)c1C. The molecule has 2 atom stereocenters. The van der Waals surface area contributed by atoms with Gasteiger partial charge in [-0.1, -0.05) is 12.1 Å². The summed E-state index contributed by atoms with van der Waals surface area (Å²) in [6, 6.07) is 6.24. The minimum absolute atomic E-state index is 0.217. The van der Waals surface area contributed by atoms with Gasteiger partial charge in [-0.25, -0.2) is 0 Å². The minimum atomic E-state index is -0.490. The van der Waals surface area contributed by atoms with Gasteiger partial charge in [0.2, 0.25) is 0 Å². The highest BCUT2D eigenvalue weighted by molar-refractivity contribution is 5.55. The Labute approximate surface area is 127 Å². The lowest BCUT2D eigenvalue weighted by Crippen LogP contribution is -2.33. The molecule has 0 saturated carbocycles. The number of nitrogens with zero attached hydrogens (tertiary/aromatic N) is 1. The van der Waals surface area contributed by atoms with E-state index in [1.807, 2.05) is 7.05 Å². The third-order valence-electron chi connectivity index (χ3n) is 4.11. The molecule has 1 aromatic rings. The third-order valence-corrected chi connectivity index (χ3v) is 4.11. The van der Waals surface area contributed by atoms with Crippen molar-refractivity contribution in [1.82, 2.24) is 0 Å². The standard InChI is InChI=1S/C17H27NO3/c1-13-6-4-8-17(14(13)2)18(3)10-15(19)11-20-12-16-7-5-9-21-16/h4,6,8,15-16,19H,5,7,9-12H2,1-3H3. The lowest BCUT2D eigenvalue weighted by atomic mass is 10.1. The van der Waals surface area contributed by atoms with Crippen molar-refractivity contribution in [1.29, 1.82) is 0 Å². The van der Waals surface area contributed by atoms with Crippen molar-refractivity contribution < 1.29 is 14.6 Å². The van der Waals surface area contributed by atoms with Crippen LogP contribution < -0.4 is 4.90 Å². The van der Waals surface area contributed by atoms with E-state index in [0.717, 1.165) is 25.1 Å². The summed E-state index contributed by atoms with van der Waals surface area (Å²) >= 11 is 0. The zero-order valence-corrected chi connectivity index (χ0v) is 13.3. The molecule has 21 heavy (non-hydrogen) atoms. The van der Waals surface area contributed by atoms with E-state index in [0.29, 0.717) is 19.8 Å². The average molecular weight is 293 g/mol. The molecule has 0 spiro atoms. The summed E-state index contributed by atoms with van der Waals surface area (Å²) in [5.74, 6) is 0. The highest BCUT2D eigenvalue weighted by Crippen LogP contribution is 2.21. The van der Waals surface area contributed by atoms with Crippen molar-refractivity contribution in [2.24, 2.45) is 0 Å². The van der Waals surface area contributed by atoms with Gasteiger partial charge in [-0.2, -0.15) is 0 Å². The molecular formula is C17H27NO3. The van der Waals surface area contributed by atoms with Crippen LogP contribution in [0.25, 0.3) is 0 Å². The summed E-state index contributed by atoms with van der Waals surface area (Å²) in [4.78, 5) is 2.09. The smallest absolute Gasteiger partial charge is 0.0947 e. The molecule has 1 aliphatic rings. The lowest BCUT2D eigenvalue weighted by Gasteiger charge is -2.25. The molecule has 118 valence electrons. The average Bonchev–Trinajstić information content (AvgIpc) is 2.95. The van der Waals surface area contributed by atoms with E-state index in [2.05, 4.69) is 36.9 Å². The van der Waals surface area contributed by atoms with E-state index in [1.165, 1.54) is 11.1 Å². The van der Waals surface area contributed by atoms with Crippen LogP contribution in [0.15, 0.2) is 18.2 Å². The van der Waals surface area contributed by atoms with Gasteiger partial charge in [-0.15, -0.1) is 0 Å². The molecular weight excluding hydrogens is 266 g/mol. The largest absolute Gasteiger partial charge is 0.389 e. The van der Waals surface area contributed by atoms with Gasteiger partial charge in [0.15, 0.2) is 0 Å². The van der Waals surface area contributed by atoms with E-state index in [-0.39, 0.29) is 6.10 Å². The molecule has 1 fully saturated rings. The topological polar surface area (TPSA) is 41.9 Å². The van der Waals surface area contributed by atoms with E-state index >= 15 is 0 Å². The minimum Gasteiger partial charge on any atom is -0.389 e. The number of hydrogen-bond donors (Lipinski definition) is 1. The Bertz CT molecular complexity index is 444. The lowest BCUT2D eigenvalue weighted by molar-refractivity contribution is -0.0147. The predicted octanol–water partition coefficient (Wildman–Crippen LogP) is 2.30. The summed E-state index contributed by atoms with van der Waals surface area (Å²) in [5.41, 5.74) is 3.68. The van der Waals surface area contributed by atoms with Crippen molar-refractivity contribution in [3.8, 4) is 0 Å². The Morgan fingerprint density at radius 2 is 2.24 bits per heavy atom. The van der Waals surface area contributed by atoms with Gasteiger partial charge in [0, 0.05) is 25.9 Å². The highest BCUT2D eigenvalue weighted by Gasteiger charge is 2.17. The van der Waals surface area contributed by atoms with E-state index in [9.17, 15) is 5.11 Å². The van der Waals surface area contributed by atoms with Crippen LogP contribution >= 0.6 is 0 Å². The molecule has 0 bridgehead atoms. The van der Waals surface area contributed by atoms with Crippen LogP contribution in [0.1, 0.15) is 24.0 Å². The van der Waals surface area contributed by atoms with Crippen molar-refractivity contribution in [3.05, 3.63) is 29.3 Å². The number of rotatable bonds is 7. The number of aryl methyl sites for hydroxylation is 1. The van der Waals surface area contributed by atoms with Gasteiger partial charge >= 0.3 is 0 Å². The maximum absolute atomic E-state index is 10.1. The first-order valence-corrected chi connectivity index (χ1v) is 7.72. The van der Waals surface area contributed by atoms with Crippen LogP contribution in [0.5, 0.6) is 0 Å². The monoisotopic (exact) mass is 293 g/mol. The fraction of sp³-hybridized carbons (Fsp3) is 0.647. The van der Waals surface area contributed by atoms with Crippen molar-refractivity contribution >= 4 is 5.69 Å². The zero-order chi connectivity index (χ0) is 15.2. The molecule has 4 nitrogen and oxygen atoms in total. The molecule has 0 amide bonds. The van der Waals surface area contributed by atoms with Crippen LogP contribution in [0, 0.1) is 13.8 Å². The zero-order valence-electron chi connectivity index (χ0n) is 13.3. The van der Waals surface area contributed by atoms with Gasteiger partial charge in [0.1, 0.15) is 0 Å². The summed E-state index contributed by atoms with van der Waals surface area (Å²) in [7, 11) is 2.01. The van der Waals surface area contributed by atoms with E-state index in [1.54, 1.807) is 0 Å². The van der Waals surface area contributed by atoms with Crippen LogP contribution in [0.3, 0.4) is 0 Å². The second-order valence-electron chi connectivity index (χ2n) is 5.93. The van der Waals surface area contributed by atoms with Crippen molar-refractivity contribution in [2.45, 2.75) is 38.9 Å². The summed E-state index contributed by atoms with van der Waals surface area (Å²) in [5, 5.41) is 10.1. The number of aliphatic hydroxyl groups is 1. The van der Waals surface area contributed by atoms with Crippen LogP contribution in [-0.4, -0.2) is 50.7 Å². The third kappa shape index (κ3) is 4.70. The fourth-order valence-electron chi connectivity index (χ4n) is 2.73. The molecule has 1 N–H and O–H groups in total. The number of ether oxygens (including phenoxy) is 2. The normalized spacial score (nSPS) is 19.7. The van der Waals surface area contributed by atoms with Crippen LogP contribution in [0.2, 0.25) is 0 Å². The van der Waals surface area contributed by atoms with Gasteiger partial charge in [0.05, 0.1) is 25.4 Å². The Balaban J connectivity index is 1.76. The molecule has 0 radical (unpaired) electrons. The molecule has 1 heterocycles. The maximum Gasteiger partial charge on any atom is 0.0947 e. The van der Waals surface area contributed by atoms with Crippen molar-refractivity contribution in [3.63, 3.8) is 0 Å². The Morgan fingerprint density at radius 1 is 1.43 bits per heavy atom. The Kier molecular flexibility index (Phi) is 6.03. The Morgan fingerprint density at radius 3 is 2.95 bits per heavy atom. The van der Waals surface area contributed by atoms with Crippen LogP contribution in [0.4, 0.5) is 5.69 Å². The summed E-state index contributed by atoms with van der Waals surface area (Å²) in [6.07, 6.45) is 1.91. The number of benzene rings is 1. The first-order valence-electron chi connectivity index (χ1n) is 7.72. The first kappa shape index (κ1) is 16.3. The second kappa shape index (κ2) is 7.78. The summed E-state index contributed by atoms with van der Waals surface area (Å²) in [6.45, 7) is 6.57. The molecule has 0 aromatic heterocycles. The quantitative estimate of drug-likeness (QED) is 0.837. The number of hydrogen-bond acceptors (Lipinski definition) is 4. The molecule has 4 heteroatoms. The van der Waals surface area contributed by atoms with Crippen LogP contribution in [-0.2, 0) is 9.47 Å². The van der Waals surface area contributed by atoms with Gasteiger partial charge in [-0.3, -0.25) is 0 Å². The predicted molar refractivity (Wildman–Crippen MR) is 85.0 cm³/mol. The second-order valence-corrected chi connectivity index (χ2v) is 5.93. The highest BCUT2D eigenvalue weighted by atomic mass is 16.5. The van der Waals surface area contributed by atoms with E-state index < -0.39 is 6.10 Å². The summed E-state index contributed by atoms with van der Waals surface area (Å²) < 4.78 is 11.1. The number of aliphatic hydroxyl groups excluding tert-OH is 1.